The summed E-state index contributed by atoms with van der Waals surface area (Å²) >= 11 is 0. The van der Waals surface area contributed by atoms with Crippen molar-refractivity contribution in [3.05, 3.63) is 12.3 Å². The van der Waals surface area contributed by atoms with Crippen LogP contribution >= 0.6 is 0 Å². The monoisotopic (exact) mass is 211 g/mol. The molecule has 0 aliphatic carbocycles. The van der Waals surface area contributed by atoms with Crippen LogP contribution in [0, 0.1) is 0 Å². The Morgan fingerprint density at radius 3 is 2.67 bits per heavy atom. The fourth-order valence-corrected chi connectivity index (χ4v) is 1.57. The molecule has 5 nitrogen and oxygen atoms in total. The maximum absolute atomic E-state index is 6.05. The Hall–Kier alpha value is -1.07. The summed E-state index contributed by atoms with van der Waals surface area (Å²) in [4.78, 5) is 6.51. The highest BCUT2D eigenvalue weighted by molar-refractivity contribution is 5.92. The molecular formula is C10H21N5. The molecule has 0 saturated heterocycles. The van der Waals surface area contributed by atoms with Crippen molar-refractivity contribution in [3.63, 3.8) is 0 Å². The molecule has 1 aliphatic heterocycles. The zero-order valence-electron chi connectivity index (χ0n) is 9.53. The van der Waals surface area contributed by atoms with Gasteiger partial charge in [0.15, 0.2) is 5.79 Å². The number of hydrogen-bond donors (Lipinski definition) is 3. The second-order valence-corrected chi connectivity index (χ2v) is 3.72. The molecule has 0 spiro atoms. The number of nitrogens with zero attached hydrogens (tertiary/aromatic N) is 2. The van der Waals surface area contributed by atoms with E-state index in [9.17, 15) is 0 Å². The summed E-state index contributed by atoms with van der Waals surface area (Å²) < 4.78 is 0. The Morgan fingerprint density at radius 1 is 1.47 bits per heavy atom. The summed E-state index contributed by atoms with van der Waals surface area (Å²) in [7, 11) is 0. The van der Waals surface area contributed by atoms with Crippen LogP contribution in [0.15, 0.2) is 17.3 Å². The molecule has 86 valence electrons. The number of rotatable bonds is 5. The second-order valence-electron chi connectivity index (χ2n) is 3.72. The van der Waals surface area contributed by atoms with Gasteiger partial charge in [-0.2, -0.15) is 0 Å². The normalized spacial score (nSPS) is 25.2. The minimum atomic E-state index is -0.735. The third-order valence-corrected chi connectivity index (χ3v) is 2.62. The fraction of sp³-hybridized carbons (Fsp3) is 0.700. The summed E-state index contributed by atoms with van der Waals surface area (Å²) in [6.45, 7) is 7.25. The highest BCUT2D eigenvalue weighted by Crippen LogP contribution is 2.09. The molecule has 1 rings (SSSR count). The lowest BCUT2D eigenvalue weighted by Crippen LogP contribution is -2.54. The highest BCUT2D eigenvalue weighted by atomic mass is 15.3. The van der Waals surface area contributed by atoms with Gasteiger partial charge in [-0.25, -0.2) is 4.99 Å². The van der Waals surface area contributed by atoms with Crippen LogP contribution in [0.1, 0.15) is 20.3 Å². The van der Waals surface area contributed by atoms with Gasteiger partial charge in [0, 0.05) is 19.2 Å². The maximum atomic E-state index is 6.05. The first kappa shape index (κ1) is 12.0. The Kier molecular flexibility index (Phi) is 4.11. The van der Waals surface area contributed by atoms with Crippen molar-refractivity contribution in [2.24, 2.45) is 16.5 Å². The predicted octanol–water partition coefficient (Wildman–Crippen LogP) is -0.195. The van der Waals surface area contributed by atoms with E-state index in [2.05, 4.69) is 29.1 Å². The van der Waals surface area contributed by atoms with Crippen LogP contribution in [0.2, 0.25) is 0 Å². The summed E-state index contributed by atoms with van der Waals surface area (Å²) in [6.07, 6.45) is 4.22. The first-order valence-corrected chi connectivity index (χ1v) is 5.40. The lowest BCUT2D eigenvalue weighted by atomic mass is 10.2. The molecule has 1 unspecified atom stereocenters. The molecule has 0 bridgehead atoms. The Morgan fingerprint density at radius 2 is 2.13 bits per heavy atom. The van der Waals surface area contributed by atoms with Gasteiger partial charge in [-0.05, 0) is 19.2 Å². The molecule has 0 radical (unpaired) electrons. The first-order chi connectivity index (χ1) is 7.09. The molecule has 15 heavy (non-hydrogen) atoms. The lowest BCUT2D eigenvalue weighted by molar-refractivity contribution is 0.248. The topological polar surface area (TPSA) is 79.7 Å². The number of nitrogens with two attached hydrogens (primary N) is 2. The third kappa shape index (κ3) is 3.53. The van der Waals surface area contributed by atoms with Crippen LogP contribution in [0.4, 0.5) is 0 Å². The van der Waals surface area contributed by atoms with Crippen LogP contribution < -0.4 is 16.8 Å². The molecule has 1 heterocycles. The summed E-state index contributed by atoms with van der Waals surface area (Å²) in [5.74, 6) is -0.252. The summed E-state index contributed by atoms with van der Waals surface area (Å²) in [5, 5.41) is 3.03. The predicted molar refractivity (Wildman–Crippen MR) is 63.2 cm³/mol. The van der Waals surface area contributed by atoms with Crippen molar-refractivity contribution < 1.29 is 0 Å². The molecule has 1 atom stereocenters. The molecule has 0 fully saturated rings. The van der Waals surface area contributed by atoms with Crippen LogP contribution in [0.3, 0.4) is 0 Å². The Balaban J connectivity index is 2.47. The van der Waals surface area contributed by atoms with E-state index < -0.39 is 5.79 Å². The molecule has 0 amide bonds. The Labute approximate surface area is 91.2 Å². The van der Waals surface area contributed by atoms with Crippen LogP contribution in [-0.4, -0.2) is 36.2 Å². The summed E-state index contributed by atoms with van der Waals surface area (Å²) in [5.41, 5.74) is 11.7. The number of hydrogen-bond acceptors (Lipinski definition) is 5. The molecule has 0 aromatic heterocycles. The highest BCUT2D eigenvalue weighted by Gasteiger charge is 2.24. The van der Waals surface area contributed by atoms with Crippen molar-refractivity contribution in [2.75, 3.05) is 19.6 Å². The molecule has 1 aliphatic rings. The van der Waals surface area contributed by atoms with Gasteiger partial charge in [0.25, 0.3) is 0 Å². The standard InChI is InChI=1S/C10H21N5/c1-3-15(4-2)8-6-10(12)13-7-5-9(11)14-10/h5,7,13H,3-4,6,8,12H2,1-2H3,(H2,11,14). The zero-order chi connectivity index (χ0) is 11.3. The first-order valence-electron chi connectivity index (χ1n) is 5.40. The van der Waals surface area contributed by atoms with Gasteiger partial charge >= 0.3 is 0 Å². The number of amidine groups is 1. The van der Waals surface area contributed by atoms with Crippen LogP contribution in [-0.2, 0) is 0 Å². The minimum absolute atomic E-state index is 0.482. The Bertz CT molecular complexity index is 257. The van der Waals surface area contributed by atoms with Gasteiger partial charge in [-0.1, -0.05) is 13.8 Å². The average Bonchev–Trinajstić information content (AvgIpc) is 2.19. The number of nitrogens with one attached hydrogen (secondary N) is 1. The quantitative estimate of drug-likeness (QED) is 0.588. The van der Waals surface area contributed by atoms with Crippen molar-refractivity contribution in [1.29, 1.82) is 0 Å². The van der Waals surface area contributed by atoms with Gasteiger partial charge in [-0.3, -0.25) is 5.73 Å². The minimum Gasteiger partial charge on any atom is -0.384 e. The molecule has 0 aromatic rings. The third-order valence-electron chi connectivity index (χ3n) is 2.62. The SMILES string of the molecule is CCN(CC)CCC1(N)N=C(N)C=CN1. The molecule has 0 aromatic carbocycles. The van der Waals surface area contributed by atoms with Gasteiger partial charge in [0.1, 0.15) is 5.84 Å². The van der Waals surface area contributed by atoms with E-state index in [-0.39, 0.29) is 0 Å². The van der Waals surface area contributed by atoms with E-state index in [1.54, 1.807) is 12.3 Å². The number of aliphatic imine (C=N–C) groups is 1. The molecule has 5 N–H and O–H groups in total. The largest absolute Gasteiger partial charge is 0.384 e. The van der Waals surface area contributed by atoms with Gasteiger partial charge in [-0.15, -0.1) is 0 Å². The van der Waals surface area contributed by atoms with Crippen molar-refractivity contribution in [2.45, 2.75) is 26.1 Å². The van der Waals surface area contributed by atoms with Crippen molar-refractivity contribution in [3.8, 4) is 0 Å². The molecule has 5 heteroatoms. The van der Waals surface area contributed by atoms with E-state index in [1.807, 2.05) is 0 Å². The van der Waals surface area contributed by atoms with E-state index in [4.69, 9.17) is 11.5 Å². The second kappa shape index (κ2) is 5.14. The van der Waals surface area contributed by atoms with Crippen molar-refractivity contribution >= 4 is 5.84 Å². The maximum Gasteiger partial charge on any atom is 0.185 e. The molecule has 0 saturated carbocycles. The lowest BCUT2D eigenvalue weighted by Gasteiger charge is -2.30. The fourth-order valence-electron chi connectivity index (χ4n) is 1.57. The van der Waals surface area contributed by atoms with E-state index in [1.165, 1.54) is 0 Å². The van der Waals surface area contributed by atoms with Gasteiger partial charge in [0.05, 0.1) is 0 Å². The van der Waals surface area contributed by atoms with Crippen LogP contribution in [0.25, 0.3) is 0 Å². The summed E-state index contributed by atoms with van der Waals surface area (Å²) in [6, 6.07) is 0. The average molecular weight is 211 g/mol. The van der Waals surface area contributed by atoms with Gasteiger partial charge < -0.3 is 16.0 Å². The van der Waals surface area contributed by atoms with Crippen LogP contribution in [0.5, 0.6) is 0 Å². The molecular weight excluding hydrogens is 190 g/mol. The van der Waals surface area contributed by atoms with E-state index in [0.717, 1.165) is 26.1 Å². The van der Waals surface area contributed by atoms with E-state index >= 15 is 0 Å². The van der Waals surface area contributed by atoms with Gasteiger partial charge in [0.2, 0.25) is 0 Å². The smallest absolute Gasteiger partial charge is 0.185 e. The van der Waals surface area contributed by atoms with Crippen molar-refractivity contribution in [1.82, 2.24) is 10.2 Å². The van der Waals surface area contributed by atoms with E-state index in [0.29, 0.717) is 5.84 Å². The zero-order valence-corrected chi connectivity index (χ0v) is 9.53.